The molecule has 0 heterocycles. The number of rotatable bonds is 32. The van der Waals surface area contributed by atoms with E-state index in [-0.39, 0.29) is 11.8 Å². The van der Waals surface area contributed by atoms with E-state index in [0.717, 1.165) is 19.3 Å². The molecule has 0 bridgehead atoms. The molecule has 0 aliphatic rings. The number of carbonyl (C=O) groups excluding carboxylic acids is 2. The van der Waals surface area contributed by atoms with Crippen molar-refractivity contribution in [3.63, 3.8) is 0 Å². The van der Waals surface area contributed by atoms with Crippen molar-refractivity contribution in [2.45, 2.75) is 193 Å². The second-order valence-electron chi connectivity index (χ2n) is 12.1. The molecule has 0 aliphatic carbocycles. The predicted molar refractivity (Wildman–Crippen MR) is 175 cm³/mol. The number of unbranched alkanes of at least 4 members (excludes halogenated alkanes) is 23. The van der Waals surface area contributed by atoms with Crippen molar-refractivity contribution in [3.05, 3.63) is 23.8 Å². The Morgan fingerprint density at radius 2 is 0.850 bits per heavy atom. The highest BCUT2D eigenvalue weighted by molar-refractivity contribution is 5.85. The summed E-state index contributed by atoms with van der Waals surface area (Å²) in [6.07, 6.45) is 43.1. The Morgan fingerprint density at radius 1 is 0.475 bits per heavy atom. The molecule has 4 N–H and O–H groups in total. The van der Waals surface area contributed by atoms with Gasteiger partial charge in [0.25, 0.3) is 0 Å². The third kappa shape index (κ3) is 32.6. The van der Waals surface area contributed by atoms with Crippen molar-refractivity contribution < 1.29 is 9.59 Å². The summed E-state index contributed by atoms with van der Waals surface area (Å²) in [5.41, 5.74) is 12.1. The molecule has 0 saturated heterocycles. The molecule has 0 unspecified atom stereocenters. The van der Waals surface area contributed by atoms with Crippen molar-refractivity contribution in [1.29, 1.82) is 0 Å². The molecule has 0 spiro atoms. The molecular weight excluding hydrogens is 492 g/mol. The van der Waals surface area contributed by atoms with Crippen LogP contribution in [0.1, 0.15) is 193 Å². The number of amides is 2. The Kier molecular flexibility index (Phi) is 30.7. The lowest BCUT2D eigenvalue weighted by Gasteiger charge is -2.09. The van der Waals surface area contributed by atoms with Gasteiger partial charge in [-0.1, -0.05) is 147 Å². The van der Waals surface area contributed by atoms with Crippen LogP contribution in [0.25, 0.3) is 0 Å². The normalized spacial score (nSPS) is 12.0. The van der Waals surface area contributed by atoms with Crippen LogP contribution in [-0.4, -0.2) is 11.8 Å². The number of hydrogen-bond donors (Lipinski definition) is 2. The number of nitrogens with two attached hydrogens (primary N) is 2. The van der Waals surface area contributed by atoms with Gasteiger partial charge < -0.3 is 11.5 Å². The summed E-state index contributed by atoms with van der Waals surface area (Å²) in [6, 6.07) is 0. The Hall–Kier alpha value is -1.58. The average Bonchev–Trinajstić information content (AvgIpc) is 2.92. The zero-order valence-corrected chi connectivity index (χ0v) is 26.7. The lowest BCUT2D eigenvalue weighted by atomic mass is 9.97. The molecule has 0 aromatic heterocycles. The second kappa shape index (κ2) is 31.9. The van der Waals surface area contributed by atoms with Crippen LogP contribution in [-0.2, 0) is 9.59 Å². The van der Waals surface area contributed by atoms with Gasteiger partial charge in [0, 0.05) is 6.42 Å². The molecule has 2 amide bonds. The minimum Gasteiger partial charge on any atom is -0.370 e. The van der Waals surface area contributed by atoms with Gasteiger partial charge in [0.2, 0.25) is 11.8 Å². The van der Waals surface area contributed by atoms with Gasteiger partial charge in [-0.2, -0.15) is 0 Å². The highest BCUT2D eigenvalue weighted by Gasteiger charge is 2.01. The highest BCUT2D eigenvalue weighted by Crippen LogP contribution is 2.21. The van der Waals surface area contributed by atoms with Gasteiger partial charge in [0.05, 0.1) is 0 Å². The van der Waals surface area contributed by atoms with E-state index >= 15 is 0 Å². The van der Waals surface area contributed by atoms with E-state index in [2.05, 4.69) is 13.0 Å². The summed E-state index contributed by atoms with van der Waals surface area (Å²) in [4.78, 5) is 21.5. The molecule has 0 saturated carbocycles. The topological polar surface area (TPSA) is 86.2 Å². The van der Waals surface area contributed by atoms with Crippen molar-refractivity contribution in [1.82, 2.24) is 0 Å². The van der Waals surface area contributed by atoms with Crippen LogP contribution in [0.3, 0.4) is 0 Å². The molecule has 0 fully saturated rings. The summed E-state index contributed by atoms with van der Waals surface area (Å²) in [6.45, 7) is 2.29. The molecule has 0 atom stereocenters. The first-order valence-corrected chi connectivity index (χ1v) is 17.5. The Labute approximate surface area is 249 Å². The molecule has 40 heavy (non-hydrogen) atoms. The van der Waals surface area contributed by atoms with Crippen LogP contribution in [0.15, 0.2) is 23.8 Å². The van der Waals surface area contributed by atoms with E-state index in [0.29, 0.717) is 6.42 Å². The van der Waals surface area contributed by atoms with E-state index in [1.165, 1.54) is 167 Å². The molecule has 0 aromatic rings. The van der Waals surface area contributed by atoms with Gasteiger partial charge in [0.15, 0.2) is 0 Å². The minimum atomic E-state index is -0.339. The Morgan fingerprint density at radius 3 is 1.27 bits per heavy atom. The van der Waals surface area contributed by atoms with Gasteiger partial charge in [-0.05, 0) is 63.9 Å². The second-order valence-corrected chi connectivity index (χ2v) is 12.1. The number of hydrogen-bond acceptors (Lipinski definition) is 2. The van der Waals surface area contributed by atoms with E-state index in [1.54, 1.807) is 5.57 Å². The fourth-order valence-corrected chi connectivity index (χ4v) is 5.50. The van der Waals surface area contributed by atoms with Crippen molar-refractivity contribution >= 4 is 11.8 Å². The van der Waals surface area contributed by atoms with E-state index in [9.17, 15) is 9.59 Å². The van der Waals surface area contributed by atoms with Crippen molar-refractivity contribution in [2.24, 2.45) is 11.5 Å². The fourth-order valence-electron chi connectivity index (χ4n) is 5.50. The van der Waals surface area contributed by atoms with E-state index in [4.69, 9.17) is 11.5 Å². The molecular formula is C36H68N2O2. The summed E-state index contributed by atoms with van der Waals surface area (Å²) < 4.78 is 0. The van der Waals surface area contributed by atoms with Gasteiger partial charge in [-0.25, -0.2) is 0 Å². The summed E-state index contributed by atoms with van der Waals surface area (Å²) in [7, 11) is 0. The zero-order valence-electron chi connectivity index (χ0n) is 26.7. The van der Waals surface area contributed by atoms with Crippen LogP contribution in [0.2, 0.25) is 0 Å². The number of carbonyl (C=O) groups is 2. The summed E-state index contributed by atoms with van der Waals surface area (Å²) in [5, 5.41) is 0. The van der Waals surface area contributed by atoms with Gasteiger partial charge in [0.1, 0.15) is 0 Å². The molecule has 4 heteroatoms. The fraction of sp³-hybridized carbons (Fsp3) is 0.833. The van der Waals surface area contributed by atoms with Gasteiger partial charge >= 0.3 is 0 Å². The molecule has 0 radical (unpaired) electrons. The largest absolute Gasteiger partial charge is 0.370 e. The monoisotopic (exact) mass is 561 g/mol. The van der Waals surface area contributed by atoms with E-state index < -0.39 is 0 Å². The first kappa shape index (κ1) is 38.4. The summed E-state index contributed by atoms with van der Waals surface area (Å²) in [5.74, 6) is -0.499. The van der Waals surface area contributed by atoms with Crippen LogP contribution in [0, 0.1) is 0 Å². The zero-order chi connectivity index (χ0) is 29.4. The average molecular weight is 561 g/mol. The lowest BCUT2D eigenvalue weighted by molar-refractivity contribution is -0.118. The van der Waals surface area contributed by atoms with Gasteiger partial charge in [-0.15, -0.1) is 0 Å². The molecule has 0 aromatic carbocycles. The first-order chi connectivity index (χ1) is 19.6. The standard InChI is InChI=1S/C36H68N2O2/c1-2-3-4-5-15-19-24-29-34(31-26-21-18-23-28-33-36(38)40)30-25-20-16-13-11-9-7-6-8-10-12-14-17-22-27-32-35(37)39/h27,29,32H,2-26,28,30-31,33H2,1H3,(H2,37,39)(H2,38,40)/b32-27-,34-29-. The van der Waals surface area contributed by atoms with Crippen LogP contribution < -0.4 is 11.5 Å². The first-order valence-electron chi connectivity index (χ1n) is 17.5. The molecule has 0 aliphatic heterocycles. The quantitative estimate of drug-likeness (QED) is 0.0487. The van der Waals surface area contributed by atoms with Crippen LogP contribution in [0.4, 0.5) is 0 Å². The highest BCUT2D eigenvalue weighted by atomic mass is 16.1. The van der Waals surface area contributed by atoms with Crippen LogP contribution in [0.5, 0.6) is 0 Å². The number of allylic oxidation sites excluding steroid dienone is 3. The third-order valence-electron chi connectivity index (χ3n) is 8.06. The third-order valence-corrected chi connectivity index (χ3v) is 8.06. The maximum absolute atomic E-state index is 10.9. The molecule has 4 nitrogen and oxygen atoms in total. The molecule has 0 rings (SSSR count). The van der Waals surface area contributed by atoms with Crippen LogP contribution >= 0.6 is 0 Å². The SMILES string of the molecule is CCCCCCCC/C=C(/CCCCCCCCCCCCCCC/C=C\C(N)=O)CCCCCCCC(N)=O. The Bertz CT molecular complexity index is 626. The minimum absolute atomic E-state index is 0.160. The molecule has 234 valence electrons. The van der Waals surface area contributed by atoms with E-state index in [1.807, 2.05) is 6.08 Å². The van der Waals surface area contributed by atoms with Crippen molar-refractivity contribution in [2.75, 3.05) is 0 Å². The summed E-state index contributed by atoms with van der Waals surface area (Å²) >= 11 is 0. The lowest BCUT2D eigenvalue weighted by Crippen LogP contribution is -2.09. The maximum atomic E-state index is 10.9. The predicted octanol–water partition coefficient (Wildman–Crippen LogP) is 10.8. The van der Waals surface area contributed by atoms with Crippen molar-refractivity contribution in [3.8, 4) is 0 Å². The van der Waals surface area contributed by atoms with Gasteiger partial charge in [-0.3, -0.25) is 9.59 Å². The maximum Gasteiger partial charge on any atom is 0.241 e. The Balaban J connectivity index is 3.81. The smallest absolute Gasteiger partial charge is 0.241 e. The number of primary amides is 2.